The normalized spacial score (nSPS) is 22.2. The fourth-order valence-corrected chi connectivity index (χ4v) is 3.80. The number of piperidine rings is 1. The highest BCUT2D eigenvalue weighted by molar-refractivity contribution is 5.73. The van der Waals surface area contributed by atoms with Crippen molar-refractivity contribution in [2.75, 3.05) is 31.1 Å². The van der Waals surface area contributed by atoms with Crippen molar-refractivity contribution in [2.45, 2.75) is 51.6 Å². The summed E-state index contributed by atoms with van der Waals surface area (Å²) in [4.78, 5) is 14.5. The molecule has 0 aromatic heterocycles. The number of hydrogen-bond donors (Lipinski definition) is 1. The lowest BCUT2D eigenvalue weighted by molar-refractivity contribution is -0.160. The van der Waals surface area contributed by atoms with Gasteiger partial charge in [-0.25, -0.2) is 4.39 Å². The third kappa shape index (κ3) is 4.51. The highest BCUT2D eigenvalue weighted by Gasteiger charge is 2.31. The molecule has 0 aliphatic carbocycles. The molecule has 4 nitrogen and oxygen atoms in total. The van der Waals surface area contributed by atoms with Crippen LogP contribution in [0.1, 0.15) is 51.5 Å². The van der Waals surface area contributed by atoms with Gasteiger partial charge in [-0.3, -0.25) is 4.79 Å². The van der Waals surface area contributed by atoms with E-state index in [1.807, 2.05) is 26.8 Å². The van der Waals surface area contributed by atoms with Gasteiger partial charge in [-0.2, -0.15) is 0 Å². The lowest BCUT2D eigenvalue weighted by Gasteiger charge is -2.35. The zero-order valence-corrected chi connectivity index (χ0v) is 15.5. The molecular formula is C20H29FN2O2. The number of nitrogens with zero attached hydrogens (tertiary/aromatic N) is 1. The summed E-state index contributed by atoms with van der Waals surface area (Å²) >= 11 is 0. The van der Waals surface area contributed by atoms with Gasteiger partial charge in [0.05, 0.1) is 5.92 Å². The highest BCUT2D eigenvalue weighted by atomic mass is 19.1. The van der Waals surface area contributed by atoms with Crippen molar-refractivity contribution >= 4 is 11.7 Å². The van der Waals surface area contributed by atoms with Crippen molar-refractivity contribution < 1.29 is 13.9 Å². The summed E-state index contributed by atoms with van der Waals surface area (Å²) in [6.45, 7) is 9.19. The molecule has 2 aliphatic heterocycles. The first kappa shape index (κ1) is 18.2. The molecule has 1 N–H and O–H groups in total. The Kier molecular flexibility index (Phi) is 5.32. The van der Waals surface area contributed by atoms with Gasteiger partial charge < -0.3 is 15.0 Å². The van der Waals surface area contributed by atoms with Gasteiger partial charge in [0.15, 0.2) is 0 Å². The number of carbonyl (C=O) groups is 1. The second kappa shape index (κ2) is 7.32. The Hall–Kier alpha value is -1.62. The maximum atomic E-state index is 13.9. The smallest absolute Gasteiger partial charge is 0.309 e. The molecule has 1 aromatic carbocycles. The van der Waals surface area contributed by atoms with E-state index in [0.717, 1.165) is 51.1 Å². The van der Waals surface area contributed by atoms with Gasteiger partial charge in [-0.05, 0) is 70.2 Å². The molecule has 0 saturated carbocycles. The van der Waals surface area contributed by atoms with Crippen LogP contribution in [0, 0.1) is 11.7 Å². The summed E-state index contributed by atoms with van der Waals surface area (Å²) < 4.78 is 19.4. The lowest BCUT2D eigenvalue weighted by Crippen LogP contribution is -2.39. The number of anilines is 1. The summed E-state index contributed by atoms with van der Waals surface area (Å²) in [5.74, 6) is 0.0883. The standard InChI is InChI=1S/C20H29FN2O2/c1-20(2,3)25-19(24)14-7-10-23(11-8-14)18-12-16(21)4-5-17(18)15-6-9-22-13-15/h4-5,12,14-15,22H,6-11,13H2,1-3H3/t15-/m1/s1. The lowest BCUT2D eigenvalue weighted by atomic mass is 9.92. The Morgan fingerprint density at radius 1 is 1.24 bits per heavy atom. The first-order valence-corrected chi connectivity index (χ1v) is 9.31. The Balaban J connectivity index is 1.68. The van der Waals surface area contributed by atoms with Crippen LogP contribution in [-0.2, 0) is 9.53 Å². The molecule has 25 heavy (non-hydrogen) atoms. The molecule has 1 aromatic rings. The summed E-state index contributed by atoms with van der Waals surface area (Å²) in [7, 11) is 0. The zero-order valence-electron chi connectivity index (χ0n) is 15.5. The Morgan fingerprint density at radius 3 is 2.56 bits per heavy atom. The second-order valence-electron chi connectivity index (χ2n) is 8.19. The molecule has 0 amide bonds. The van der Waals surface area contributed by atoms with Crippen molar-refractivity contribution in [1.82, 2.24) is 5.32 Å². The monoisotopic (exact) mass is 348 g/mol. The van der Waals surface area contributed by atoms with E-state index in [1.165, 1.54) is 5.56 Å². The summed E-state index contributed by atoms with van der Waals surface area (Å²) in [6, 6.07) is 5.15. The summed E-state index contributed by atoms with van der Waals surface area (Å²) in [5, 5.41) is 3.39. The van der Waals surface area contributed by atoms with Crippen LogP contribution < -0.4 is 10.2 Å². The first-order chi connectivity index (χ1) is 11.8. The zero-order chi connectivity index (χ0) is 18.0. The quantitative estimate of drug-likeness (QED) is 0.850. The van der Waals surface area contributed by atoms with Gasteiger partial charge >= 0.3 is 5.97 Å². The van der Waals surface area contributed by atoms with E-state index in [1.54, 1.807) is 12.1 Å². The third-order valence-corrected chi connectivity index (χ3v) is 5.07. The third-order valence-electron chi connectivity index (χ3n) is 5.07. The average molecular weight is 348 g/mol. The van der Waals surface area contributed by atoms with Crippen molar-refractivity contribution in [3.05, 3.63) is 29.6 Å². The molecule has 5 heteroatoms. The first-order valence-electron chi connectivity index (χ1n) is 9.31. The van der Waals surface area contributed by atoms with E-state index in [0.29, 0.717) is 5.92 Å². The number of esters is 1. The minimum Gasteiger partial charge on any atom is -0.460 e. The van der Waals surface area contributed by atoms with E-state index < -0.39 is 5.60 Å². The number of halogens is 1. The molecule has 2 aliphatic rings. The molecule has 0 spiro atoms. The molecule has 0 bridgehead atoms. The molecule has 1 atom stereocenters. The summed E-state index contributed by atoms with van der Waals surface area (Å²) in [5.41, 5.74) is 1.78. The number of carbonyl (C=O) groups excluding carboxylic acids is 1. The molecule has 0 radical (unpaired) electrons. The molecule has 3 rings (SSSR count). The van der Waals surface area contributed by atoms with E-state index in [2.05, 4.69) is 10.2 Å². The predicted octanol–water partition coefficient (Wildman–Crippen LogP) is 3.46. The van der Waals surface area contributed by atoms with E-state index in [4.69, 9.17) is 4.74 Å². The fraction of sp³-hybridized carbons (Fsp3) is 0.650. The van der Waals surface area contributed by atoms with Crippen LogP contribution >= 0.6 is 0 Å². The highest BCUT2D eigenvalue weighted by Crippen LogP contribution is 2.34. The van der Waals surface area contributed by atoms with Crippen LogP contribution in [0.4, 0.5) is 10.1 Å². The largest absolute Gasteiger partial charge is 0.460 e. The molecule has 2 fully saturated rings. The molecule has 2 saturated heterocycles. The van der Waals surface area contributed by atoms with Crippen LogP contribution in [-0.4, -0.2) is 37.7 Å². The Morgan fingerprint density at radius 2 is 1.96 bits per heavy atom. The van der Waals surface area contributed by atoms with Gasteiger partial charge in [0.25, 0.3) is 0 Å². The summed E-state index contributed by atoms with van der Waals surface area (Å²) in [6.07, 6.45) is 2.61. The molecule has 2 heterocycles. The van der Waals surface area contributed by atoms with Crippen LogP contribution in [0.3, 0.4) is 0 Å². The topological polar surface area (TPSA) is 41.6 Å². The van der Waals surface area contributed by atoms with E-state index in [-0.39, 0.29) is 17.7 Å². The van der Waals surface area contributed by atoms with Crippen molar-refractivity contribution in [1.29, 1.82) is 0 Å². The SMILES string of the molecule is CC(C)(C)OC(=O)C1CCN(c2cc(F)ccc2[C@@H]2CCNC2)CC1. The predicted molar refractivity (Wildman–Crippen MR) is 97.4 cm³/mol. The van der Waals surface area contributed by atoms with Crippen molar-refractivity contribution in [3.63, 3.8) is 0 Å². The fourth-order valence-electron chi connectivity index (χ4n) is 3.80. The van der Waals surface area contributed by atoms with Gasteiger partial charge in [0, 0.05) is 25.3 Å². The Bertz CT molecular complexity index is 613. The van der Waals surface area contributed by atoms with Gasteiger partial charge in [0.1, 0.15) is 11.4 Å². The van der Waals surface area contributed by atoms with Crippen molar-refractivity contribution in [2.24, 2.45) is 5.92 Å². The Labute approximate surface area is 149 Å². The van der Waals surface area contributed by atoms with Gasteiger partial charge in [0.2, 0.25) is 0 Å². The molecule has 138 valence electrons. The maximum absolute atomic E-state index is 13.9. The van der Waals surface area contributed by atoms with Crippen molar-refractivity contribution in [3.8, 4) is 0 Å². The maximum Gasteiger partial charge on any atom is 0.309 e. The van der Waals surface area contributed by atoms with E-state index in [9.17, 15) is 9.18 Å². The average Bonchev–Trinajstić information content (AvgIpc) is 3.07. The number of ether oxygens (including phenoxy) is 1. The number of benzene rings is 1. The molecule has 0 unspecified atom stereocenters. The van der Waals surface area contributed by atoms with Gasteiger partial charge in [-0.15, -0.1) is 0 Å². The van der Waals surface area contributed by atoms with E-state index >= 15 is 0 Å². The molecular weight excluding hydrogens is 319 g/mol. The number of rotatable bonds is 3. The van der Waals surface area contributed by atoms with Gasteiger partial charge in [-0.1, -0.05) is 6.07 Å². The number of hydrogen-bond acceptors (Lipinski definition) is 4. The van der Waals surface area contributed by atoms with Crippen LogP contribution in [0.5, 0.6) is 0 Å². The van der Waals surface area contributed by atoms with Crippen LogP contribution in [0.15, 0.2) is 18.2 Å². The minimum atomic E-state index is -0.445. The van der Waals surface area contributed by atoms with Crippen LogP contribution in [0.2, 0.25) is 0 Å². The van der Waals surface area contributed by atoms with Crippen LogP contribution in [0.25, 0.3) is 0 Å². The number of nitrogens with one attached hydrogen (secondary N) is 1. The second-order valence-corrected chi connectivity index (χ2v) is 8.19. The minimum absolute atomic E-state index is 0.0550.